The first kappa shape index (κ1) is 12.0. The zero-order chi connectivity index (χ0) is 13.0. The molecule has 0 bridgehead atoms. The number of carbonyl (C=O) groups is 1. The summed E-state index contributed by atoms with van der Waals surface area (Å²) in [5.41, 5.74) is 1.47. The number of hydrogen-bond acceptors (Lipinski definition) is 4. The van der Waals surface area contributed by atoms with Gasteiger partial charge in [0.25, 0.3) is 0 Å². The van der Waals surface area contributed by atoms with Crippen LogP contribution >= 0.6 is 0 Å². The monoisotopic (exact) mass is 245 g/mol. The zero-order valence-electron chi connectivity index (χ0n) is 9.37. The smallest absolute Gasteiger partial charge is 0.409 e. The van der Waals surface area contributed by atoms with E-state index in [2.05, 4.69) is 15.3 Å². The van der Waals surface area contributed by atoms with Gasteiger partial charge in [-0.1, -0.05) is 30.3 Å². The Bertz CT molecular complexity index is 558. The molecular weight excluding hydrogens is 234 g/mol. The highest BCUT2D eigenvalue weighted by Crippen LogP contribution is 2.25. The summed E-state index contributed by atoms with van der Waals surface area (Å²) in [5.74, 6) is 0.241. The molecule has 6 heteroatoms. The molecule has 0 saturated heterocycles. The summed E-state index contributed by atoms with van der Waals surface area (Å²) in [6, 6.07) is 9.09. The summed E-state index contributed by atoms with van der Waals surface area (Å²) < 4.78 is 0. The summed E-state index contributed by atoms with van der Waals surface area (Å²) in [7, 11) is 0. The topological polar surface area (TPSA) is 95.3 Å². The fraction of sp³-hybridized carbons (Fsp3) is 0.0833. The number of aliphatic hydroxyl groups excluding tert-OH is 1. The van der Waals surface area contributed by atoms with E-state index in [1.54, 1.807) is 12.1 Å². The summed E-state index contributed by atoms with van der Waals surface area (Å²) in [6.07, 6.45) is 0.155. The SMILES string of the molecule is O=C(O)Nc1cnc(CO)nc1-c1ccccc1. The number of aromatic nitrogens is 2. The van der Waals surface area contributed by atoms with Crippen molar-refractivity contribution in [2.75, 3.05) is 5.32 Å². The number of nitrogens with one attached hydrogen (secondary N) is 1. The molecule has 1 aromatic heterocycles. The molecule has 1 heterocycles. The Hall–Kier alpha value is -2.47. The first-order chi connectivity index (χ1) is 8.70. The number of benzene rings is 1. The Morgan fingerprint density at radius 2 is 2.00 bits per heavy atom. The van der Waals surface area contributed by atoms with Gasteiger partial charge in [0.15, 0.2) is 5.82 Å². The van der Waals surface area contributed by atoms with Crippen molar-refractivity contribution in [3.05, 3.63) is 42.4 Å². The van der Waals surface area contributed by atoms with Gasteiger partial charge in [0.05, 0.1) is 17.6 Å². The molecule has 0 fully saturated rings. The van der Waals surface area contributed by atoms with Gasteiger partial charge in [0.2, 0.25) is 0 Å². The van der Waals surface area contributed by atoms with Gasteiger partial charge < -0.3 is 10.2 Å². The molecule has 18 heavy (non-hydrogen) atoms. The normalized spacial score (nSPS) is 10.1. The van der Waals surface area contributed by atoms with E-state index < -0.39 is 6.09 Å². The van der Waals surface area contributed by atoms with Crippen molar-refractivity contribution in [1.82, 2.24) is 9.97 Å². The lowest BCUT2D eigenvalue weighted by molar-refractivity contribution is 0.209. The highest BCUT2D eigenvalue weighted by Gasteiger charge is 2.11. The largest absolute Gasteiger partial charge is 0.465 e. The minimum atomic E-state index is -1.19. The molecule has 0 unspecified atom stereocenters. The Kier molecular flexibility index (Phi) is 3.49. The van der Waals surface area contributed by atoms with Crippen molar-refractivity contribution < 1.29 is 15.0 Å². The Labute approximate surface area is 103 Å². The van der Waals surface area contributed by atoms with E-state index in [9.17, 15) is 4.79 Å². The van der Waals surface area contributed by atoms with Crippen molar-refractivity contribution in [3.8, 4) is 11.3 Å². The molecular formula is C12H11N3O3. The van der Waals surface area contributed by atoms with Crippen LogP contribution in [0, 0.1) is 0 Å². The van der Waals surface area contributed by atoms with Crippen molar-refractivity contribution in [3.63, 3.8) is 0 Å². The lowest BCUT2D eigenvalue weighted by Gasteiger charge is -2.09. The van der Waals surface area contributed by atoms with Gasteiger partial charge in [-0.25, -0.2) is 14.8 Å². The van der Waals surface area contributed by atoms with Crippen LogP contribution in [0.15, 0.2) is 36.5 Å². The Morgan fingerprint density at radius 3 is 2.61 bits per heavy atom. The summed E-state index contributed by atoms with van der Waals surface area (Å²) in [5, 5.41) is 20.0. The molecule has 1 aromatic carbocycles. The molecule has 2 rings (SSSR count). The Balaban J connectivity index is 2.51. The number of nitrogens with zero attached hydrogens (tertiary/aromatic N) is 2. The molecule has 3 N–H and O–H groups in total. The molecule has 0 radical (unpaired) electrons. The van der Waals surface area contributed by atoms with Crippen LogP contribution in [0.5, 0.6) is 0 Å². The van der Waals surface area contributed by atoms with Crippen LogP contribution in [0.4, 0.5) is 10.5 Å². The third-order valence-corrected chi connectivity index (χ3v) is 2.27. The van der Waals surface area contributed by atoms with Gasteiger partial charge in [0, 0.05) is 5.56 Å². The van der Waals surface area contributed by atoms with Crippen molar-refractivity contribution in [1.29, 1.82) is 0 Å². The first-order valence-electron chi connectivity index (χ1n) is 5.23. The van der Waals surface area contributed by atoms with Gasteiger partial charge in [-0.3, -0.25) is 5.32 Å². The summed E-state index contributed by atoms with van der Waals surface area (Å²) >= 11 is 0. The van der Waals surface area contributed by atoms with Gasteiger partial charge in [-0.2, -0.15) is 0 Å². The molecule has 1 amide bonds. The third-order valence-electron chi connectivity index (χ3n) is 2.27. The third kappa shape index (κ3) is 2.61. The van der Waals surface area contributed by atoms with E-state index in [1.165, 1.54) is 6.20 Å². The van der Waals surface area contributed by atoms with E-state index in [1.807, 2.05) is 18.2 Å². The highest BCUT2D eigenvalue weighted by atomic mass is 16.4. The summed E-state index contributed by atoms with van der Waals surface area (Å²) in [4.78, 5) is 18.7. The van der Waals surface area contributed by atoms with Crippen LogP contribution in [-0.4, -0.2) is 26.3 Å². The minimum Gasteiger partial charge on any atom is -0.465 e. The maximum absolute atomic E-state index is 10.7. The molecule has 6 nitrogen and oxygen atoms in total. The fourth-order valence-electron chi connectivity index (χ4n) is 1.52. The van der Waals surface area contributed by atoms with Crippen LogP contribution in [0.1, 0.15) is 5.82 Å². The van der Waals surface area contributed by atoms with E-state index in [0.29, 0.717) is 5.69 Å². The second kappa shape index (κ2) is 5.24. The molecule has 0 aliphatic heterocycles. The van der Waals surface area contributed by atoms with Crippen molar-refractivity contribution in [2.45, 2.75) is 6.61 Å². The van der Waals surface area contributed by atoms with E-state index in [0.717, 1.165) is 5.56 Å². The highest BCUT2D eigenvalue weighted by molar-refractivity contribution is 5.88. The average Bonchev–Trinajstić information content (AvgIpc) is 2.39. The number of carboxylic acid groups (broad SMARTS) is 1. The van der Waals surface area contributed by atoms with Crippen LogP contribution in [0.2, 0.25) is 0 Å². The predicted octanol–water partition coefficient (Wildman–Crippen LogP) is 1.73. The van der Waals surface area contributed by atoms with Crippen LogP contribution in [0.3, 0.4) is 0 Å². The maximum Gasteiger partial charge on any atom is 0.409 e. The molecule has 0 aliphatic rings. The lowest BCUT2D eigenvalue weighted by atomic mass is 10.1. The molecule has 92 valence electrons. The van der Waals surface area contributed by atoms with Gasteiger partial charge in [-0.15, -0.1) is 0 Å². The molecule has 2 aromatic rings. The van der Waals surface area contributed by atoms with Crippen LogP contribution < -0.4 is 5.32 Å². The van der Waals surface area contributed by atoms with E-state index in [-0.39, 0.29) is 18.1 Å². The average molecular weight is 245 g/mol. The van der Waals surface area contributed by atoms with E-state index in [4.69, 9.17) is 10.2 Å². The first-order valence-corrected chi connectivity index (χ1v) is 5.23. The Morgan fingerprint density at radius 1 is 1.28 bits per heavy atom. The maximum atomic E-state index is 10.7. The van der Waals surface area contributed by atoms with Gasteiger partial charge in [0.1, 0.15) is 6.61 Å². The number of rotatable bonds is 3. The quantitative estimate of drug-likeness (QED) is 0.765. The zero-order valence-corrected chi connectivity index (χ0v) is 9.37. The lowest BCUT2D eigenvalue weighted by Crippen LogP contribution is -2.10. The van der Waals surface area contributed by atoms with Crippen LogP contribution in [0.25, 0.3) is 11.3 Å². The predicted molar refractivity (Wildman–Crippen MR) is 65.0 cm³/mol. The number of amides is 1. The minimum absolute atomic E-state index is 0.241. The summed E-state index contributed by atoms with van der Waals surface area (Å²) in [6.45, 7) is -0.298. The van der Waals surface area contributed by atoms with Crippen LogP contribution in [-0.2, 0) is 6.61 Å². The standard InChI is InChI=1S/C12H11N3O3/c16-7-10-13-6-9(14-12(17)18)11(15-10)8-4-2-1-3-5-8/h1-6,14,16H,7H2,(H,17,18). The second-order valence-electron chi connectivity index (χ2n) is 3.50. The van der Waals surface area contributed by atoms with E-state index >= 15 is 0 Å². The molecule has 0 spiro atoms. The second-order valence-corrected chi connectivity index (χ2v) is 3.50. The fourth-order valence-corrected chi connectivity index (χ4v) is 1.52. The number of aliphatic hydroxyl groups is 1. The number of anilines is 1. The van der Waals surface area contributed by atoms with Gasteiger partial charge in [-0.05, 0) is 0 Å². The van der Waals surface area contributed by atoms with Crippen molar-refractivity contribution in [2.24, 2.45) is 0 Å². The van der Waals surface area contributed by atoms with Crippen molar-refractivity contribution >= 4 is 11.8 Å². The molecule has 0 aliphatic carbocycles. The molecule has 0 saturated carbocycles. The van der Waals surface area contributed by atoms with Gasteiger partial charge >= 0.3 is 6.09 Å². The molecule has 0 atom stereocenters. The number of hydrogen-bond donors (Lipinski definition) is 3.